The highest BCUT2D eigenvalue weighted by molar-refractivity contribution is 7.88. The van der Waals surface area contributed by atoms with Crippen molar-refractivity contribution in [2.24, 2.45) is 0 Å². The third kappa shape index (κ3) is 6.46. The molecule has 2 aliphatic rings. The maximum absolute atomic E-state index is 13.5. The number of fused-ring (bicyclic) bond motifs is 1. The number of pyridine rings is 1. The van der Waals surface area contributed by atoms with Gasteiger partial charge in [-0.3, -0.25) is 4.98 Å². The van der Waals surface area contributed by atoms with Gasteiger partial charge in [-0.2, -0.15) is 17.8 Å². The summed E-state index contributed by atoms with van der Waals surface area (Å²) in [5.41, 5.74) is 3.41. The zero-order chi connectivity index (χ0) is 25.3. The highest BCUT2D eigenvalue weighted by Gasteiger charge is 2.34. The first-order chi connectivity index (χ1) is 17.2. The molecule has 2 aromatic heterocycles. The molecule has 0 aliphatic carbocycles. The first-order valence-corrected chi connectivity index (χ1v) is 13.6. The van der Waals surface area contributed by atoms with Gasteiger partial charge in [-0.05, 0) is 18.2 Å². The predicted octanol–water partition coefficient (Wildman–Crippen LogP) is 3.08. The van der Waals surface area contributed by atoms with Gasteiger partial charge < -0.3 is 14.4 Å². The van der Waals surface area contributed by atoms with Crippen LogP contribution in [0.1, 0.15) is 12.8 Å². The fraction of sp³-hybridized carbons (Fsp3) is 0.458. The predicted molar refractivity (Wildman–Crippen MR) is 141 cm³/mol. The minimum absolute atomic E-state index is 0. The van der Waals surface area contributed by atoms with Gasteiger partial charge in [-0.25, -0.2) is 27.2 Å². The molecule has 0 bridgehead atoms. The maximum atomic E-state index is 13.5. The van der Waals surface area contributed by atoms with Crippen LogP contribution >= 0.6 is 13.5 Å². The molecule has 2 saturated heterocycles. The third-order valence-electron chi connectivity index (χ3n) is 6.42. The van der Waals surface area contributed by atoms with Crippen molar-refractivity contribution in [3.63, 3.8) is 0 Å². The third-order valence-corrected chi connectivity index (χ3v) is 7.69. The fourth-order valence-corrected chi connectivity index (χ4v) is 5.24. The van der Waals surface area contributed by atoms with E-state index in [1.165, 1.54) is 10.6 Å². The van der Waals surface area contributed by atoms with Gasteiger partial charge >= 0.3 is 0 Å². The molecule has 1 aromatic carbocycles. The van der Waals surface area contributed by atoms with E-state index in [-0.39, 0.29) is 52.0 Å². The zero-order valence-corrected chi connectivity index (χ0v) is 22.1. The van der Waals surface area contributed by atoms with E-state index in [0.29, 0.717) is 36.4 Å². The number of benzene rings is 1. The van der Waals surface area contributed by atoms with Gasteiger partial charge in [0.2, 0.25) is 15.9 Å². The molecule has 0 radical (unpaired) electrons. The second kappa shape index (κ2) is 11.0. The number of hydrogen-bond acceptors (Lipinski definition) is 8. The van der Waals surface area contributed by atoms with Crippen molar-refractivity contribution in [3.8, 4) is 17.1 Å². The molecule has 9 nitrogen and oxygen atoms in total. The Morgan fingerprint density at radius 3 is 2.51 bits per heavy atom. The molecule has 1 atom stereocenters. The molecule has 0 spiro atoms. The smallest absolute Gasteiger partial charge is 0.251 e. The Kier molecular flexibility index (Phi) is 8.17. The van der Waals surface area contributed by atoms with Crippen molar-refractivity contribution in [1.29, 1.82) is 0 Å². The lowest BCUT2D eigenvalue weighted by Crippen LogP contribution is -2.47. The molecule has 0 amide bonds. The average molecular weight is 554 g/mol. The van der Waals surface area contributed by atoms with Crippen molar-refractivity contribution in [3.05, 3.63) is 42.7 Å². The molecule has 3 aromatic rings. The standard InChI is InChI=1S/C24H27F2N5O4S.H2S/c1-36(32,33)31-12-13-34-19(15-31)16-35-23-22-21(27-8-9-28-22)14-20(29-23)17-2-4-18(5-3-17)30-10-6-24(25,26)7-11-30;/h2-5,8-9,14,19H,6-7,10-13,15-16H2,1H3;1H2/t19-;/m0./s1. The minimum Gasteiger partial charge on any atom is -0.473 e. The molecule has 2 fully saturated rings. The Bertz CT molecular complexity index is 1330. The minimum atomic E-state index is -3.32. The van der Waals surface area contributed by atoms with Crippen LogP contribution in [0.4, 0.5) is 14.5 Å². The SMILES string of the molecule is CS(=O)(=O)N1CCO[C@H](COc2nc(-c3ccc(N4CCC(F)(F)CC4)cc3)cc3nccnc23)C1.S. The summed E-state index contributed by atoms with van der Waals surface area (Å²) in [5, 5.41) is 0. The van der Waals surface area contributed by atoms with Crippen LogP contribution in [-0.2, 0) is 14.8 Å². The lowest BCUT2D eigenvalue weighted by Gasteiger charge is -2.33. The second-order valence-electron chi connectivity index (χ2n) is 9.05. The Morgan fingerprint density at radius 2 is 1.81 bits per heavy atom. The lowest BCUT2D eigenvalue weighted by molar-refractivity contribution is -0.0252. The van der Waals surface area contributed by atoms with Gasteiger partial charge in [0.1, 0.15) is 12.7 Å². The van der Waals surface area contributed by atoms with Crippen molar-refractivity contribution in [2.75, 3.05) is 50.5 Å². The van der Waals surface area contributed by atoms with E-state index in [1.54, 1.807) is 12.4 Å². The molecule has 37 heavy (non-hydrogen) atoms. The number of rotatable bonds is 6. The van der Waals surface area contributed by atoms with Gasteiger partial charge in [0, 0.05) is 62.7 Å². The Morgan fingerprint density at radius 1 is 1.11 bits per heavy atom. The molecule has 4 heterocycles. The highest BCUT2D eigenvalue weighted by atomic mass is 32.2. The Balaban J connectivity index is 0.00000320. The summed E-state index contributed by atoms with van der Waals surface area (Å²) < 4.78 is 63.8. The van der Waals surface area contributed by atoms with E-state index in [1.807, 2.05) is 35.2 Å². The number of morpholine rings is 1. The van der Waals surface area contributed by atoms with Crippen LogP contribution in [0.15, 0.2) is 42.7 Å². The molecule has 2 aliphatic heterocycles. The van der Waals surface area contributed by atoms with E-state index < -0.39 is 22.0 Å². The van der Waals surface area contributed by atoms with Gasteiger partial charge in [0.05, 0.1) is 24.1 Å². The van der Waals surface area contributed by atoms with Crippen molar-refractivity contribution in [1.82, 2.24) is 19.3 Å². The van der Waals surface area contributed by atoms with E-state index in [0.717, 1.165) is 11.3 Å². The summed E-state index contributed by atoms with van der Waals surface area (Å²) in [6, 6.07) is 9.40. The van der Waals surface area contributed by atoms with Crippen LogP contribution in [-0.4, -0.2) is 85.4 Å². The number of ether oxygens (including phenoxy) is 2. The average Bonchev–Trinajstić information content (AvgIpc) is 2.87. The van der Waals surface area contributed by atoms with Crippen LogP contribution in [0.5, 0.6) is 5.88 Å². The summed E-state index contributed by atoms with van der Waals surface area (Å²) in [4.78, 5) is 15.4. The van der Waals surface area contributed by atoms with Gasteiger partial charge in [0.25, 0.3) is 5.92 Å². The number of nitrogens with zero attached hydrogens (tertiary/aromatic N) is 5. The van der Waals surface area contributed by atoms with E-state index in [2.05, 4.69) is 15.0 Å². The molecular formula is C24H29F2N5O4S2. The molecule has 5 rings (SSSR count). The quantitative estimate of drug-likeness (QED) is 0.460. The first-order valence-electron chi connectivity index (χ1n) is 11.7. The lowest BCUT2D eigenvalue weighted by atomic mass is 10.0. The van der Waals surface area contributed by atoms with Crippen LogP contribution in [0, 0.1) is 0 Å². The van der Waals surface area contributed by atoms with Crippen molar-refractivity contribution in [2.45, 2.75) is 24.9 Å². The zero-order valence-electron chi connectivity index (χ0n) is 20.3. The molecule has 0 unspecified atom stereocenters. The monoisotopic (exact) mass is 553 g/mol. The maximum Gasteiger partial charge on any atom is 0.251 e. The molecule has 13 heteroatoms. The number of halogens is 2. The Labute approximate surface area is 221 Å². The van der Waals surface area contributed by atoms with Crippen molar-refractivity contribution >= 4 is 40.2 Å². The topological polar surface area (TPSA) is 97.8 Å². The van der Waals surface area contributed by atoms with Crippen LogP contribution in [0.25, 0.3) is 22.3 Å². The number of aromatic nitrogens is 3. The summed E-state index contributed by atoms with van der Waals surface area (Å²) in [7, 11) is -3.32. The number of hydrogen-bond donors (Lipinski definition) is 0. The fourth-order valence-electron chi connectivity index (χ4n) is 4.39. The highest BCUT2D eigenvalue weighted by Crippen LogP contribution is 2.32. The van der Waals surface area contributed by atoms with Gasteiger partial charge in [0.15, 0.2) is 5.52 Å². The van der Waals surface area contributed by atoms with Crippen LogP contribution in [0.2, 0.25) is 0 Å². The summed E-state index contributed by atoms with van der Waals surface area (Å²) in [5.74, 6) is -2.31. The number of anilines is 1. The number of piperidine rings is 1. The number of sulfonamides is 1. The molecule has 0 N–H and O–H groups in total. The molecule has 200 valence electrons. The largest absolute Gasteiger partial charge is 0.473 e. The molecule has 0 saturated carbocycles. The van der Waals surface area contributed by atoms with Crippen LogP contribution in [0.3, 0.4) is 0 Å². The van der Waals surface area contributed by atoms with Gasteiger partial charge in [-0.15, -0.1) is 0 Å². The number of alkyl halides is 2. The summed E-state index contributed by atoms with van der Waals surface area (Å²) in [6.07, 6.45) is 3.58. The molecular weight excluding hydrogens is 524 g/mol. The summed E-state index contributed by atoms with van der Waals surface area (Å²) in [6.45, 7) is 1.53. The van der Waals surface area contributed by atoms with Gasteiger partial charge in [-0.1, -0.05) is 12.1 Å². The van der Waals surface area contributed by atoms with Crippen molar-refractivity contribution < 1.29 is 26.7 Å². The second-order valence-corrected chi connectivity index (χ2v) is 11.0. The van der Waals surface area contributed by atoms with E-state index in [4.69, 9.17) is 9.47 Å². The van der Waals surface area contributed by atoms with E-state index >= 15 is 0 Å². The first kappa shape index (κ1) is 27.4. The normalized spacial score (nSPS) is 20.4. The Hall–Kier alpha value is -2.61. The van der Waals surface area contributed by atoms with E-state index in [9.17, 15) is 17.2 Å². The van der Waals surface area contributed by atoms with Crippen LogP contribution < -0.4 is 9.64 Å². The summed E-state index contributed by atoms with van der Waals surface area (Å²) >= 11 is 0.